The first kappa shape index (κ1) is 22.1. The molecule has 3 atom stereocenters. The van der Waals surface area contributed by atoms with Gasteiger partial charge in [0.15, 0.2) is 0 Å². The van der Waals surface area contributed by atoms with Crippen molar-refractivity contribution in [1.29, 1.82) is 0 Å². The number of anilines is 1. The summed E-state index contributed by atoms with van der Waals surface area (Å²) < 4.78 is 6.11. The van der Waals surface area contributed by atoms with E-state index in [-0.39, 0.29) is 12.1 Å². The lowest BCUT2D eigenvalue weighted by molar-refractivity contribution is 0.0654. The fraction of sp³-hybridized carbons (Fsp3) is 0.481. The number of likely N-dealkylation sites (tertiary alicyclic amines) is 1. The molecule has 166 valence electrons. The normalized spacial score (nSPS) is 22.3. The standard InChI is InChI=1S/C27H36N2O2/c1-21(2)15-17-31-20-24(28-16-14-25(30)19-28)18-29-26-11-7-6-10-23(26)12-13-27(29)22-8-4-3-5-9-22/h3-11,24-25,27,30H,1,12-20H2,2H3. The van der Waals surface area contributed by atoms with E-state index in [9.17, 15) is 5.11 Å². The van der Waals surface area contributed by atoms with Crippen LogP contribution in [0, 0.1) is 0 Å². The molecule has 0 bridgehead atoms. The molecule has 0 saturated carbocycles. The van der Waals surface area contributed by atoms with Gasteiger partial charge in [-0.2, -0.15) is 0 Å². The van der Waals surface area contributed by atoms with Crippen LogP contribution < -0.4 is 4.90 Å². The molecule has 1 fully saturated rings. The highest BCUT2D eigenvalue weighted by atomic mass is 16.5. The molecule has 4 rings (SSSR count). The monoisotopic (exact) mass is 420 g/mol. The zero-order valence-corrected chi connectivity index (χ0v) is 18.7. The number of β-amino-alcohol motifs (C(OH)–C–C–N with tert-alkyl or cyclic N) is 1. The minimum atomic E-state index is -0.225. The van der Waals surface area contributed by atoms with Crippen molar-refractivity contribution in [2.45, 2.75) is 50.8 Å². The Kier molecular flexibility index (Phi) is 7.44. The molecular formula is C27H36N2O2. The van der Waals surface area contributed by atoms with E-state index < -0.39 is 0 Å². The summed E-state index contributed by atoms with van der Waals surface area (Å²) in [5.41, 5.74) is 5.30. The molecular weight excluding hydrogens is 384 g/mol. The molecule has 0 aromatic heterocycles. The molecule has 0 radical (unpaired) electrons. The molecule has 4 nitrogen and oxygen atoms in total. The summed E-state index contributed by atoms with van der Waals surface area (Å²) in [5, 5.41) is 10.2. The van der Waals surface area contributed by atoms with Gasteiger partial charge in [-0.15, -0.1) is 6.58 Å². The number of nitrogens with zero attached hydrogens (tertiary/aromatic N) is 2. The number of hydrogen-bond acceptors (Lipinski definition) is 4. The van der Waals surface area contributed by atoms with Crippen molar-refractivity contribution in [3.05, 3.63) is 77.9 Å². The molecule has 2 aliphatic heterocycles. The Labute approximate surface area is 187 Å². The molecule has 2 aliphatic rings. The van der Waals surface area contributed by atoms with Gasteiger partial charge in [0.2, 0.25) is 0 Å². The van der Waals surface area contributed by atoms with Crippen LogP contribution in [0.1, 0.15) is 43.4 Å². The highest BCUT2D eigenvalue weighted by Gasteiger charge is 2.33. The molecule has 1 saturated heterocycles. The number of aryl methyl sites for hydroxylation is 1. The number of rotatable bonds is 9. The molecule has 3 unspecified atom stereocenters. The summed E-state index contributed by atoms with van der Waals surface area (Å²) >= 11 is 0. The first-order valence-corrected chi connectivity index (χ1v) is 11.7. The highest BCUT2D eigenvalue weighted by molar-refractivity contribution is 5.58. The van der Waals surface area contributed by atoms with Crippen LogP contribution in [0.25, 0.3) is 0 Å². The summed E-state index contributed by atoms with van der Waals surface area (Å²) in [6, 6.07) is 20.3. The molecule has 2 aromatic rings. The van der Waals surface area contributed by atoms with Crippen LogP contribution in [0.2, 0.25) is 0 Å². The fourth-order valence-corrected chi connectivity index (χ4v) is 4.93. The van der Waals surface area contributed by atoms with Gasteiger partial charge in [-0.25, -0.2) is 0 Å². The van der Waals surface area contributed by atoms with Crippen LogP contribution in [0.3, 0.4) is 0 Å². The Morgan fingerprint density at radius 1 is 1.13 bits per heavy atom. The van der Waals surface area contributed by atoms with E-state index in [1.54, 1.807) is 0 Å². The molecule has 0 spiro atoms. The maximum absolute atomic E-state index is 10.2. The van der Waals surface area contributed by atoms with Crippen molar-refractivity contribution in [1.82, 2.24) is 4.90 Å². The number of aliphatic hydroxyl groups excluding tert-OH is 1. The number of ether oxygens (including phenoxy) is 1. The van der Waals surface area contributed by atoms with E-state index in [2.05, 4.69) is 71.0 Å². The van der Waals surface area contributed by atoms with Gasteiger partial charge in [-0.1, -0.05) is 54.1 Å². The summed E-state index contributed by atoms with van der Waals surface area (Å²) in [6.45, 7) is 9.99. The van der Waals surface area contributed by atoms with Gasteiger partial charge >= 0.3 is 0 Å². The Morgan fingerprint density at radius 3 is 2.65 bits per heavy atom. The Morgan fingerprint density at radius 2 is 1.90 bits per heavy atom. The van der Waals surface area contributed by atoms with E-state index in [1.807, 2.05) is 6.92 Å². The largest absolute Gasteiger partial charge is 0.392 e. The third kappa shape index (κ3) is 5.57. The highest BCUT2D eigenvalue weighted by Crippen LogP contribution is 2.39. The van der Waals surface area contributed by atoms with Crippen LogP contribution in [-0.4, -0.2) is 55.0 Å². The van der Waals surface area contributed by atoms with Crippen LogP contribution in [-0.2, 0) is 11.2 Å². The average Bonchev–Trinajstić information content (AvgIpc) is 3.22. The molecule has 2 aromatic carbocycles. The van der Waals surface area contributed by atoms with Crippen molar-refractivity contribution in [2.24, 2.45) is 0 Å². The average molecular weight is 421 g/mol. The number of hydrogen-bond donors (Lipinski definition) is 1. The number of benzene rings is 2. The SMILES string of the molecule is C=C(C)CCOCC(CN1c2ccccc2CCC1c1ccccc1)N1CCC(O)C1. The van der Waals surface area contributed by atoms with Crippen molar-refractivity contribution < 1.29 is 9.84 Å². The molecule has 0 amide bonds. The van der Waals surface area contributed by atoms with Gasteiger partial charge in [-0.3, -0.25) is 4.90 Å². The quantitative estimate of drug-likeness (QED) is 0.475. The van der Waals surface area contributed by atoms with Gasteiger partial charge in [0.05, 0.1) is 31.4 Å². The van der Waals surface area contributed by atoms with Crippen molar-refractivity contribution in [3.8, 4) is 0 Å². The van der Waals surface area contributed by atoms with Crippen LogP contribution in [0.15, 0.2) is 66.7 Å². The van der Waals surface area contributed by atoms with Gasteiger partial charge < -0.3 is 14.7 Å². The topological polar surface area (TPSA) is 35.9 Å². The maximum Gasteiger partial charge on any atom is 0.0679 e. The molecule has 1 N–H and O–H groups in total. The summed E-state index contributed by atoms with van der Waals surface area (Å²) in [7, 11) is 0. The Balaban J connectivity index is 1.57. The summed E-state index contributed by atoms with van der Waals surface area (Å²) in [5.74, 6) is 0. The summed E-state index contributed by atoms with van der Waals surface area (Å²) in [6.07, 6.45) is 3.74. The maximum atomic E-state index is 10.2. The molecule has 31 heavy (non-hydrogen) atoms. The van der Waals surface area contributed by atoms with Crippen LogP contribution in [0.4, 0.5) is 5.69 Å². The van der Waals surface area contributed by atoms with Gasteiger partial charge in [0, 0.05) is 25.3 Å². The third-order valence-electron chi connectivity index (χ3n) is 6.65. The molecule has 4 heteroatoms. The smallest absolute Gasteiger partial charge is 0.0679 e. The zero-order chi connectivity index (χ0) is 21.6. The molecule has 2 heterocycles. The lowest BCUT2D eigenvalue weighted by Gasteiger charge is -2.43. The van der Waals surface area contributed by atoms with Crippen molar-refractivity contribution in [2.75, 3.05) is 37.7 Å². The van der Waals surface area contributed by atoms with Gasteiger partial charge in [0.25, 0.3) is 0 Å². The summed E-state index contributed by atoms with van der Waals surface area (Å²) in [4.78, 5) is 5.01. The van der Waals surface area contributed by atoms with E-state index in [0.717, 1.165) is 50.9 Å². The van der Waals surface area contributed by atoms with Crippen molar-refractivity contribution >= 4 is 5.69 Å². The Hall–Kier alpha value is -2.14. The number of fused-ring (bicyclic) bond motifs is 1. The lowest BCUT2D eigenvalue weighted by Crippen LogP contribution is -2.48. The van der Waals surface area contributed by atoms with E-state index in [4.69, 9.17) is 4.74 Å². The Bertz CT molecular complexity index is 853. The van der Waals surface area contributed by atoms with E-state index in [0.29, 0.717) is 19.3 Å². The second-order valence-electron chi connectivity index (χ2n) is 9.12. The van der Waals surface area contributed by atoms with E-state index >= 15 is 0 Å². The first-order chi connectivity index (χ1) is 15.1. The second-order valence-corrected chi connectivity index (χ2v) is 9.12. The number of aliphatic hydroxyl groups is 1. The minimum absolute atomic E-state index is 0.225. The van der Waals surface area contributed by atoms with Gasteiger partial charge in [0.1, 0.15) is 0 Å². The van der Waals surface area contributed by atoms with Gasteiger partial charge in [-0.05, 0) is 49.8 Å². The van der Waals surface area contributed by atoms with Crippen molar-refractivity contribution in [3.63, 3.8) is 0 Å². The molecule has 0 aliphatic carbocycles. The zero-order valence-electron chi connectivity index (χ0n) is 18.7. The first-order valence-electron chi connectivity index (χ1n) is 11.7. The predicted octanol–water partition coefficient (Wildman–Crippen LogP) is 4.60. The second kappa shape index (κ2) is 10.4. The number of para-hydroxylation sites is 1. The lowest BCUT2D eigenvalue weighted by atomic mass is 9.90. The van der Waals surface area contributed by atoms with Crippen LogP contribution in [0.5, 0.6) is 0 Å². The minimum Gasteiger partial charge on any atom is -0.392 e. The fourth-order valence-electron chi connectivity index (χ4n) is 4.93. The third-order valence-corrected chi connectivity index (χ3v) is 6.65. The predicted molar refractivity (Wildman–Crippen MR) is 128 cm³/mol. The van der Waals surface area contributed by atoms with E-state index in [1.165, 1.54) is 16.8 Å². The van der Waals surface area contributed by atoms with Crippen LogP contribution >= 0.6 is 0 Å².